The van der Waals surface area contributed by atoms with Gasteiger partial charge in [0.2, 0.25) is 5.91 Å². The second-order valence-electron chi connectivity index (χ2n) is 7.53. The first-order chi connectivity index (χ1) is 15.3. The summed E-state index contributed by atoms with van der Waals surface area (Å²) in [6.07, 6.45) is -0.995. The van der Waals surface area contributed by atoms with Crippen molar-refractivity contribution in [2.75, 3.05) is 19.6 Å². The molecule has 0 saturated carbocycles. The van der Waals surface area contributed by atoms with Crippen LogP contribution in [0.1, 0.15) is 17.5 Å². The van der Waals surface area contributed by atoms with Crippen LogP contribution in [0.15, 0.2) is 60.7 Å². The highest BCUT2D eigenvalue weighted by molar-refractivity contribution is 7.86. The lowest BCUT2D eigenvalue weighted by atomic mass is 10.2. The lowest BCUT2D eigenvalue weighted by Gasteiger charge is -2.23. The fraction of sp³-hybridized carbons (Fsp3) is 0.364. The smallest absolute Gasteiger partial charge is 0.410 e. The molecule has 172 valence electrons. The minimum absolute atomic E-state index is 0.00946. The van der Waals surface area contributed by atoms with E-state index in [1.807, 2.05) is 36.4 Å². The van der Waals surface area contributed by atoms with Gasteiger partial charge < -0.3 is 15.4 Å². The molecule has 10 heteroatoms. The summed E-state index contributed by atoms with van der Waals surface area (Å²) in [5.74, 6) is -0.491. The van der Waals surface area contributed by atoms with Crippen LogP contribution in [-0.2, 0) is 32.8 Å². The monoisotopic (exact) mass is 461 g/mol. The number of rotatable bonds is 9. The SMILES string of the molecule is O=C(NCCNCc1ccccc1)[C@@H]1C[C@H](S(=O)(=O)O)CN1C(=O)OCc1ccccc1. The van der Waals surface area contributed by atoms with Gasteiger partial charge in [0.05, 0.1) is 0 Å². The van der Waals surface area contributed by atoms with Crippen LogP contribution in [0.3, 0.4) is 0 Å². The Hall–Kier alpha value is -2.95. The van der Waals surface area contributed by atoms with Crippen molar-refractivity contribution >= 4 is 22.1 Å². The van der Waals surface area contributed by atoms with E-state index in [0.717, 1.165) is 16.0 Å². The lowest BCUT2D eigenvalue weighted by molar-refractivity contribution is -0.125. The Morgan fingerprint density at radius 1 is 1.00 bits per heavy atom. The largest absolute Gasteiger partial charge is 0.445 e. The first-order valence-electron chi connectivity index (χ1n) is 10.3. The third-order valence-corrected chi connectivity index (χ3v) is 6.38. The van der Waals surface area contributed by atoms with Crippen LogP contribution in [0.4, 0.5) is 4.79 Å². The molecular weight excluding hydrogens is 434 g/mol. The predicted octanol–water partition coefficient (Wildman–Crippen LogP) is 1.56. The zero-order valence-electron chi connectivity index (χ0n) is 17.5. The summed E-state index contributed by atoms with van der Waals surface area (Å²) in [5.41, 5.74) is 1.87. The van der Waals surface area contributed by atoms with E-state index in [1.165, 1.54) is 0 Å². The fourth-order valence-corrected chi connectivity index (χ4v) is 4.26. The van der Waals surface area contributed by atoms with E-state index in [0.29, 0.717) is 19.6 Å². The topological polar surface area (TPSA) is 125 Å². The third kappa shape index (κ3) is 6.78. The van der Waals surface area contributed by atoms with Gasteiger partial charge in [-0.15, -0.1) is 0 Å². The summed E-state index contributed by atoms with van der Waals surface area (Å²) in [5, 5.41) is 4.67. The van der Waals surface area contributed by atoms with Gasteiger partial charge >= 0.3 is 6.09 Å². The molecule has 1 aliphatic rings. The van der Waals surface area contributed by atoms with Gasteiger partial charge in [0.25, 0.3) is 10.1 Å². The number of nitrogens with one attached hydrogen (secondary N) is 2. The van der Waals surface area contributed by atoms with E-state index >= 15 is 0 Å². The molecule has 0 aromatic heterocycles. The summed E-state index contributed by atoms with van der Waals surface area (Å²) in [6, 6.07) is 17.7. The maximum absolute atomic E-state index is 12.7. The number of hydrogen-bond acceptors (Lipinski definition) is 6. The van der Waals surface area contributed by atoms with E-state index in [4.69, 9.17) is 4.74 Å². The van der Waals surface area contributed by atoms with Crippen molar-refractivity contribution < 1.29 is 27.3 Å². The molecule has 0 spiro atoms. The van der Waals surface area contributed by atoms with Crippen molar-refractivity contribution in [1.29, 1.82) is 0 Å². The first-order valence-corrected chi connectivity index (χ1v) is 11.8. The van der Waals surface area contributed by atoms with Crippen molar-refractivity contribution in [2.24, 2.45) is 0 Å². The van der Waals surface area contributed by atoms with Crippen molar-refractivity contribution in [1.82, 2.24) is 15.5 Å². The number of hydrogen-bond donors (Lipinski definition) is 3. The van der Waals surface area contributed by atoms with E-state index < -0.39 is 33.4 Å². The molecule has 0 aliphatic carbocycles. The highest BCUT2D eigenvalue weighted by Gasteiger charge is 2.45. The molecule has 1 fully saturated rings. The summed E-state index contributed by atoms with van der Waals surface area (Å²) in [6.45, 7) is 1.11. The highest BCUT2D eigenvalue weighted by Crippen LogP contribution is 2.24. The van der Waals surface area contributed by atoms with Crippen LogP contribution in [0.5, 0.6) is 0 Å². The Morgan fingerprint density at radius 3 is 2.25 bits per heavy atom. The van der Waals surface area contributed by atoms with Gasteiger partial charge in [0.1, 0.15) is 17.9 Å². The van der Waals surface area contributed by atoms with Crippen LogP contribution in [0.25, 0.3) is 0 Å². The zero-order valence-corrected chi connectivity index (χ0v) is 18.3. The molecule has 1 heterocycles. The van der Waals surface area contributed by atoms with Crippen LogP contribution in [0, 0.1) is 0 Å². The number of ether oxygens (including phenoxy) is 1. The van der Waals surface area contributed by atoms with Crippen LogP contribution in [-0.4, -0.2) is 60.8 Å². The molecule has 0 radical (unpaired) electrons. The summed E-state index contributed by atoms with van der Waals surface area (Å²) >= 11 is 0. The van der Waals surface area contributed by atoms with Gasteiger partial charge in [-0.05, 0) is 17.5 Å². The normalized spacial score (nSPS) is 18.3. The predicted molar refractivity (Wildman–Crippen MR) is 118 cm³/mol. The summed E-state index contributed by atoms with van der Waals surface area (Å²) < 4.78 is 37.9. The number of amides is 2. The Labute approximate surface area is 187 Å². The van der Waals surface area contributed by atoms with Gasteiger partial charge in [0.15, 0.2) is 0 Å². The second-order valence-corrected chi connectivity index (χ2v) is 9.23. The zero-order chi connectivity index (χ0) is 23.0. The summed E-state index contributed by atoms with van der Waals surface area (Å²) in [4.78, 5) is 26.3. The molecule has 2 aromatic carbocycles. The van der Waals surface area contributed by atoms with E-state index in [9.17, 15) is 22.6 Å². The number of nitrogens with zero attached hydrogens (tertiary/aromatic N) is 1. The van der Waals surface area contributed by atoms with Crippen LogP contribution < -0.4 is 10.6 Å². The molecule has 3 rings (SSSR count). The van der Waals surface area contributed by atoms with Gasteiger partial charge in [-0.25, -0.2) is 4.79 Å². The molecule has 32 heavy (non-hydrogen) atoms. The standard InChI is InChI=1S/C22H27N3O6S/c26-21(24-12-11-23-14-17-7-3-1-4-8-17)20-13-19(32(28,29)30)15-25(20)22(27)31-16-18-9-5-2-6-10-18/h1-10,19-20,23H,11-16H2,(H,24,26)(H,28,29,30)/t19-,20-/m0/s1. The maximum atomic E-state index is 12.7. The molecule has 2 atom stereocenters. The molecule has 1 aliphatic heterocycles. The van der Waals surface area contributed by atoms with Crippen molar-refractivity contribution in [3.63, 3.8) is 0 Å². The third-order valence-electron chi connectivity index (χ3n) is 5.20. The second kappa shape index (κ2) is 11.1. The molecule has 1 saturated heterocycles. The Kier molecular flexibility index (Phi) is 8.20. The number of carbonyl (C=O) groups is 2. The number of benzene rings is 2. The Morgan fingerprint density at radius 2 is 1.62 bits per heavy atom. The molecular formula is C22H27N3O6S. The van der Waals surface area contributed by atoms with E-state index in [1.54, 1.807) is 24.3 Å². The lowest BCUT2D eigenvalue weighted by Crippen LogP contribution is -2.47. The first kappa shape index (κ1) is 23.7. The Balaban J connectivity index is 1.53. The number of carbonyl (C=O) groups excluding carboxylic acids is 2. The quantitative estimate of drug-likeness (QED) is 0.382. The van der Waals surface area contributed by atoms with E-state index in [2.05, 4.69) is 10.6 Å². The van der Waals surface area contributed by atoms with Gasteiger partial charge in [-0.3, -0.25) is 14.2 Å². The average molecular weight is 462 g/mol. The van der Waals surface area contributed by atoms with Crippen LogP contribution in [0.2, 0.25) is 0 Å². The summed E-state index contributed by atoms with van der Waals surface area (Å²) in [7, 11) is -4.40. The van der Waals surface area contributed by atoms with Crippen molar-refractivity contribution in [2.45, 2.75) is 30.9 Å². The fourth-order valence-electron chi connectivity index (χ4n) is 3.49. The van der Waals surface area contributed by atoms with Gasteiger partial charge in [0, 0.05) is 26.2 Å². The average Bonchev–Trinajstić information content (AvgIpc) is 3.25. The molecule has 2 aromatic rings. The molecule has 2 amide bonds. The molecule has 9 nitrogen and oxygen atoms in total. The highest BCUT2D eigenvalue weighted by atomic mass is 32.2. The number of likely N-dealkylation sites (tertiary alicyclic amines) is 1. The Bertz CT molecular complexity index is 1000. The minimum atomic E-state index is -4.40. The van der Waals surface area contributed by atoms with Crippen molar-refractivity contribution in [3.05, 3.63) is 71.8 Å². The molecule has 0 unspecified atom stereocenters. The maximum Gasteiger partial charge on any atom is 0.410 e. The van der Waals surface area contributed by atoms with Gasteiger partial charge in [-0.2, -0.15) is 8.42 Å². The van der Waals surface area contributed by atoms with E-state index in [-0.39, 0.29) is 19.6 Å². The van der Waals surface area contributed by atoms with Gasteiger partial charge in [-0.1, -0.05) is 60.7 Å². The van der Waals surface area contributed by atoms with Crippen molar-refractivity contribution in [3.8, 4) is 0 Å². The molecule has 0 bridgehead atoms. The van der Waals surface area contributed by atoms with Crippen LogP contribution >= 0.6 is 0 Å². The molecule has 3 N–H and O–H groups in total. The minimum Gasteiger partial charge on any atom is -0.445 e.